The van der Waals surface area contributed by atoms with Gasteiger partial charge < -0.3 is 9.30 Å². The van der Waals surface area contributed by atoms with Crippen LogP contribution >= 0.6 is 0 Å². The topological polar surface area (TPSA) is 55.0 Å². The number of benzene rings is 2. The number of nitrogens with zero attached hydrogens (tertiary/aromatic N) is 2. The van der Waals surface area contributed by atoms with E-state index in [0.717, 1.165) is 53.4 Å². The lowest BCUT2D eigenvalue weighted by Gasteiger charge is -2.14. The van der Waals surface area contributed by atoms with Crippen molar-refractivity contribution in [2.24, 2.45) is 13.0 Å². The predicted octanol–water partition coefficient (Wildman–Crippen LogP) is 6.51. The summed E-state index contributed by atoms with van der Waals surface area (Å²) in [6, 6.07) is 20.1. The fourth-order valence-electron chi connectivity index (χ4n) is 3.96. The molecule has 4 nitrogen and oxygen atoms in total. The maximum Gasteiger partial charge on any atom is 0.348 e. The number of para-hydroxylation sites is 1. The summed E-state index contributed by atoms with van der Waals surface area (Å²) in [5.41, 5.74) is 3.93. The summed E-state index contributed by atoms with van der Waals surface area (Å²) in [5, 5.41) is 10.7. The molecule has 160 valence electrons. The smallest absolute Gasteiger partial charge is 0.348 e. The third-order valence-electron chi connectivity index (χ3n) is 5.82. The van der Waals surface area contributed by atoms with E-state index >= 15 is 0 Å². The number of carbonyl (C=O) groups is 1. The zero-order chi connectivity index (χ0) is 22.2. The molecule has 0 bridgehead atoms. The van der Waals surface area contributed by atoms with Gasteiger partial charge in [0.05, 0.1) is 12.3 Å². The first-order valence-corrected chi connectivity index (χ1v) is 11.0. The third-order valence-corrected chi connectivity index (χ3v) is 5.82. The van der Waals surface area contributed by atoms with E-state index < -0.39 is 5.97 Å². The maximum atomic E-state index is 12.7. The molecule has 0 aliphatic rings. The molecule has 0 fully saturated rings. The third kappa shape index (κ3) is 5.06. The Hall–Kier alpha value is -3.32. The summed E-state index contributed by atoms with van der Waals surface area (Å²) >= 11 is 0. The number of hydrogen-bond donors (Lipinski definition) is 0. The normalized spacial score (nSPS) is 12.5. The molecule has 2 aromatic carbocycles. The number of aromatic nitrogens is 1. The Bertz CT molecular complexity index is 1100. The van der Waals surface area contributed by atoms with E-state index in [0.29, 0.717) is 12.5 Å². The van der Waals surface area contributed by atoms with Crippen LogP contribution in [0.1, 0.15) is 45.1 Å². The molecular weight excluding hydrogens is 384 g/mol. The van der Waals surface area contributed by atoms with Crippen LogP contribution in [0.25, 0.3) is 28.2 Å². The Morgan fingerprint density at radius 2 is 1.84 bits per heavy atom. The fraction of sp³-hybridized carbons (Fsp3) is 0.333. The van der Waals surface area contributed by atoms with Crippen molar-refractivity contribution in [2.75, 3.05) is 6.61 Å². The molecular formula is C27H30N2O2. The van der Waals surface area contributed by atoms with Gasteiger partial charge in [-0.2, -0.15) is 5.26 Å². The van der Waals surface area contributed by atoms with Gasteiger partial charge in [-0.25, -0.2) is 4.79 Å². The number of ether oxygens (including phenoxy) is 1. The quantitative estimate of drug-likeness (QED) is 0.228. The number of carbonyl (C=O) groups excluding carboxylic acids is 1. The van der Waals surface area contributed by atoms with Gasteiger partial charge in [0.15, 0.2) is 0 Å². The van der Waals surface area contributed by atoms with E-state index in [1.165, 1.54) is 0 Å². The Morgan fingerprint density at radius 1 is 1.13 bits per heavy atom. The highest BCUT2D eigenvalue weighted by Gasteiger charge is 2.19. The number of fused-ring (bicyclic) bond motifs is 1. The molecule has 1 heterocycles. The molecule has 0 saturated carbocycles. The highest BCUT2D eigenvalue weighted by Crippen LogP contribution is 2.34. The lowest BCUT2D eigenvalue weighted by molar-refractivity contribution is -0.139. The Morgan fingerprint density at radius 3 is 2.52 bits per heavy atom. The standard InChI is InChI=1S/C27H30N2O2/c1-4-6-12-20(5-2)19-31-27(30)22(18-28)17-24-23-15-10-11-16-25(23)29(3)26(24)21-13-8-7-9-14-21/h7-11,13-17,20H,4-6,12,19H2,1-3H3/b22-17+. The van der Waals surface area contributed by atoms with E-state index in [-0.39, 0.29) is 5.57 Å². The van der Waals surface area contributed by atoms with Crippen molar-refractivity contribution >= 4 is 22.9 Å². The molecule has 0 aliphatic carbocycles. The molecule has 0 saturated heterocycles. The van der Waals surface area contributed by atoms with Gasteiger partial charge in [-0.1, -0.05) is 81.6 Å². The van der Waals surface area contributed by atoms with E-state index in [1.807, 2.05) is 61.6 Å². The zero-order valence-corrected chi connectivity index (χ0v) is 18.6. The minimum atomic E-state index is -0.551. The number of rotatable bonds is 9. The van der Waals surface area contributed by atoms with Crippen LogP contribution in [0.5, 0.6) is 0 Å². The number of nitriles is 1. The minimum Gasteiger partial charge on any atom is -0.461 e. The van der Waals surface area contributed by atoms with Crippen LogP contribution in [0.4, 0.5) is 0 Å². The van der Waals surface area contributed by atoms with Crippen molar-refractivity contribution in [3.63, 3.8) is 0 Å². The first-order valence-electron chi connectivity index (χ1n) is 11.0. The molecule has 0 spiro atoms. The van der Waals surface area contributed by atoms with Gasteiger partial charge >= 0.3 is 5.97 Å². The van der Waals surface area contributed by atoms with E-state index in [9.17, 15) is 10.1 Å². The summed E-state index contributed by atoms with van der Waals surface area (Å²) in [7, 11) is 2.01. The van der Waals surface area contributed by atoms with Crippen molar-refractivity contribution in [3.05, 3.63) is 65.7 Å². The summed E-state index contributed by atoms with van der Waals surface area (Å²) in [6.45, 7) is 4.62. The van der Waals surface area contributed by atoms with Crippen LogP contribution in [-0.2, 0) is 16.6 Å². The number of aryl methyl sites for hydroxylation is 1. The molecule has 1 atom stereocenters. The summed E-state index contributed by atoms with van der Waals surface area (Å²) in [5.74, 6) is -0.217. The van der Waals surface area contributed by atoms with Crippen molar-refractivity contribution in [1.29, 1.82) is 5.26 Å². The van der Waals surface area contributed by atoms with Crippen molar-refractivity contribution in [3.8, 4) is 17.3 Å². The van der Waals surface area contributed by atoms with Gasteiger partial charge in [-0.15, -0.1) is 0 Å². The molecule has 1 aromatic heterocycles. The first kappa shape index (κ1) is 22.4. The van der Waals surface area contributed by atoms with Crippen LogP contribution in [0.15, 0.2) is 60.2 Å². The van der Waals surface area contributed by atoms with Gasteiger partial charge in [-0.05, 0) is 30.0 Å². The number of hydrogen-bond acceptors (Lipinski definition) is 3. The Balaban J connectivity index is 1.98. The predicted molar refractivity (Wildman–Crippen MR) is 126 cm³/mol. The largest absolute Gasteiger partial charge is 0.461 e. The molecule has 3 aromatic rings. The van der Waals surface area contributed by atoms with Gasteiger partial charge in [-0.3, -0.25) is 0 Å². The van der Waals surface area contributed by atoms with Crippen molar-refractivity contribution in [1.82, 2.24) is 4.57 Å². The monoisotopic (exact) mass is 414 g/mol. The van der Waals surface area contributed by atoms with E-state index in [4.69, 9.17) is 4.74 Å². The van der Waals surface area contributed by atoms with Crippen LogP contribution in [-0.4, -0.2) is 17.1 Å². The second-order valence-electron chi connectivity index (χ2n) is 7.89. The van der Waals surface area contributed by atoms with Gasteiger partial charge in [0.2, 0.25) is 0 Å². The van der Waals surface area contributed by atoms with Crippen molar-refractivity contribution in [2.45, 2.75) is 39.5 Å². The number of esters is 1. The average Bonchev–Trinajstić information content (AvgIpc) is 3.09. The molecule has 1 unspecified atom stereocenters. The van der Waals surface area contributed by atoms with Crippen LogP contribution in [0.2, 0.25) is 0 Å². The fourth-order valence-corrected chi connectivity index (χ4v) is 3.96. The average molecular weight is 415 g/mol. The van der Waals surface area contributed by atoms with Crippen LogP contribution in [0, 0.1) is 17.2 Å². The molecule has 0 amide bonds. The lowest BCUT2D eigenvalue weighted by Crippen LogP contribution is -2.15. The Labute approximate surface area is 184 Å². The van der Waals surface area contributed by atoms with E-state index in [2.05, 4.69) is 24.5 Å². The highest BCUT2D eigenvalue weighted by molar-refractivity contribution is 6.04. The maximum absolute atomic E-state index is 12.7. The number of unbranched alkanes of at least 4 members (excludes halogenated alkanes) is 1. The molecule has 0 N–H and O–H groups in total. The van der Waals surface area contributed by atoms with Gasteiger partial charge in [0.25, 0.3) is 0 Å². The summed E-state index contributed by atoms with van der Waals surface area (Å²) in [6.07, 6.45) is 5.91. The first-order chi connectivity index (χ1) is 15.1. The second-order valence-corrected chi connectivity index (χ2v) is 7.89. The molecule has 3 rings (SSSR count). The SMILES string of the molecule is CCCCC(CC)COC(=O)/C(C#N)=C/c1c(-c2ccccc2)n(C)c2ccccc12. The van der Waals surface area contributed by atoms with Crippen LogP contribution in [0.3, 0.4) is 0 Å². The van der Waals surface area contributed by atoms with E-state index in [1.54, 1.807) is 6.08 Å². The summed E-state index contributed by atoms with van der Waals surface area (Å²) < 4.78 is 7.65. The minimum absolute atomic E-state index is 0.0267. The zero-order valence-electron chi connectivity index (χ0n) is 18.6. The van der Waals surface area contributed by atoms with Gasteiger partial charge in [0.1, 0.15) is 11.6 Å². The summed E-state index contributed by atoms with van der Waals surface area (Å²) in [4.78, 5) is 12.7. The van der Waals surface area contributed by atoms with Gasteiger partial charge in [0, 0.05) is 23.5 Å². The van der Waals surface area contributed by atoms with Crippen LogP contribution < -0.4 is 0 Å². The molecule has 0 aliphatic heterocycles. The molecule has 31 heavy (non-hydrogen) atoms. The lowest BCUT2D eigenvalue weighted by atomic mass is 10.0. The van der Waals surface area contributed by atoms with Crippen molar-refractivity contribution < 1.29 is 9.53 Å². The molecule has 4 heteroatoms. The second kappa shape index (κ2) is 10.6. The Kier molecular flexibility index (Phi) is 7.67. The molecule has 0 radical (unpaired) electrons. The highest BCUT2D eigenvalue weighted by atomic mass is 16.5.